The van der Waals surface area contributed by atoms with E-state index in [1.54, 1.807) is 18.2 Å². The number of aliphatic hydroxyl groups excluding tert-OH is 1. The minimum absolute atomic E-state index is 0.184. The summed E-state index contributed by atoms with van der Waals surface area (Å²) in [7, 11) is 1.53. The second kappa shape index (κ2) is 9.01. The molecule has 0 bridgehead atoms. The quantitative estimate of drug-likeness (QED) is 0.577. The van der Waals surface area contributed by atoms with Crippen molar-refractivity contribution in [1.29, 1.82) is 0 Å². The molecule has 0 saturated carbocycles. The van der Waals surface area contributed by atoms with E-state index in [0.717, 1.165) is 5.56 Å². The lowest BCUT2D eigenvalue weighted by atomic mass is 10.0. The largest absolute Gasteiger partial charge is 0.496 e. The zero-order valence-corrected chi connectivity index (χ0v) is 15.4. The van der Waals surface area contributed by atoms with Crippen molar-refractivity contribution in [3.05, 3.63) is 89.7 Å². The minimum Gasteiger partial charge on any atom is -0.496 e. The van der Waals surface area contributed by atoms with Gasteiger partial charge in [-0.25, -0.2) is 4.39 Å². The fourth-order valence-corrected chi connectivity index (χ4v) is 2.85. The van der Waals surface area contributed by atoms with E-state index in [-0.39, 0.29) is 18.3 Å². The van der Waals surface area contributed by atoms with Crippen LogP contribution in [0.4, 0.5) is 15.8 Å². The van der Waals surface area contributed by atoms with E-state index in [2.05, 4.69) is 10.6 Å². The molecular formula is C22H21FN2O3. The van der Waals surface area contributed by atoms with Crippen LogP contribution in [0.25, 0.3) is 0 Å². The summed E-state index contributed by atoms with van der Waals surface area (Å²) in [6.07, 6.45) is 0. The molecule has 5 nitrogen and oxygen atoms in total. The van der Waals surface area contributed by atoms with Crippen LogP contribution >= 0.6 is 0 Å². The predicted octanol–water partition coefficient (Wildman–Crippen LogP) is 4.12. The third kappa shape index (κ3) is 4.66. The fraction of sp³-hybridized carbons (Fsp3) is 0.136. The number of hydrogen-bond acceptors (Lipinski definition) is 4. The van der Waals surface area contributed by atoms with Gasteiger partial charge in [0.15, 0.2) is 0 Å². The highest BCUT2D eigenvalue weighted by atomic mass is 19.1. The second-order valence-electron chi connectivity index (χ2n) is 6.17. The lowest BCUT2D eigenvalue weighted by Crippen LogP contribution is -2.27. The second-order valence-corrected chi connectivity index (χ2v) is 6.17. The lowest BCUT2D eigenvalue weighted by molar-refractivity contribution is -0.117. The van der Waals surface area contributed by atoms with Gasteiger partial charge >= 0.3 is 0 Å². The summed E-state index contributed by atoms with van der Waals surface area (Å²) in [5, 5.41) is 15.5. The molecule has 144 valence electrons. The smallest absolute Gasteiger partial charge is 0.251 e. The maximum atomic E-state index is 13.1. The Kier molecular flexibility index (Phi) is 6.24. The van der Waals surface area contributed by atoms with Crippen LogP contribution in [0.1, 0.15) is 17.2 Å². The third-order valence-electron chi connectivity index (χ3n) is 4.27. The van der Waals surface area contributed by atoms with Crippen LogP contribution in [0.3, 0.4) is 0 Å². The molecule has 0 aromatic heterocycles. The molecule has 3 aromatic rings. The summed E-state index contributed by atoms with van der Waals surface area (Å²) in [5.74, 6) is -0.0928. The molecule has 6 heteroatoms. The Balaban J connectivity index is 1.87. The van der Waals surface area contributed by atoms with Crippen molar-refractivity contribution in [3.63, 3.8) is 0 Å². The molecule has 0 saturated heterocycles. The number of nitrogens with one attached hydrogen (secondary N) is 2. The van der Waals surface area contributed by atoms with Gasteiger partial charge in [-0.15, -0.1) is 0 Å². The standard InChI is InChI=1S/C22H21FN2O3/c1-28-20-12-11-19(13-16(20)14-26)24-21(15-5-3-2-4-6-15)22(27)25-18-9-7-17(23)8-10-18/h2-13,21,24,26H,14H2,1H3,(H,25,27). The van der Waals surface area contributed by atoms with Crippen molar-refractivity contribution in [2.24, 2.45) is 0 Å². The third-order valence-corrected chi connectivity index (χ3v) is 4.27. The van der Waals surface area contributed by atoms with Gasteiger partial charge < -0.3 is 20.5 Å². The number of ether oxygens (including phenoxy) is 1. The zero-order valence-electron chi connectivity index (χ0n) is 15.4. The maximum absolute atomic E-state index is 13.1. The van der Waals surface area contributed by atoms with Gasteiger partial charge in [-0.05, 0) is 48.0 Å². The van der Waals surface area contributed by atoms with E-state index < -0.39 is 6.04 Å². The number of amides is 1. The number of hydrogen-bond donors (Lipinski definition) is 3. The first-order valence-electron chi connectivity index (χ1n) is 8.76. The summed E-state index contributed by atoms with van der Waals surface area (Å²) < 4.78 is 18.3. The lowest BCUT2D eigenvalue weighted by Gasteiger charge is -2.21. The van der Waals surface area contributed by atoms with Crippen LogP contribution in [0.15, 0.2) is 72.8 Å². The van der Waals surface area contributed by atoms with E-state index in [4.69, 9.17) is 4.74 Å². The van der Waals surface area contributed by atoms with Gasteiger partial charge in [0.1, 0.15) is 17.6 Å². The normalized spacial score (nSPS) is 11.5. The van der Waals surface area contributed by atoms with E-state index in [1.165, 1.54) is 31.4 Å². The molecule has 0 spiro atoms. The van der Waals surface area contributed by atoms with Gasteiger partial charge in [0.05, 0.1) is 13.7 Å². The highest BCUT2D eigenvalue weighted by Crippen LogP contribution is 2.27. The summed E-state index contributed by atoms with van der Waals surface area (Å²) in [4.78, 5) is 12.9. The number of halogens is 1. The summed E-state index contributed by atoms with van der Waals surface area (Å²) in [5.41, 5.74) is 2.54. The van der Waals surface area contributed by atoms with Gasteiger partial charge in [0, 0.05) is 16.9 Å². The predicted molar refractivity (Wildman–Crippen MR) is 107 cm³/mol. The van der Waals surface area contributed by atoms with E-state index >= 15 is 0 Å². The van der Waals surface area contributed by atoms with E-state index in [9.17, 15) is 14.3 Å². The maximum Gasteiger partial charge on any atom is 0.251 e. The Hall–Kier alpha value is -3.38. The molecule has 0 aliphatic heterocycles. The summed E-state index contributed by atoms with van der Waals surface area (Å²) in [6.45, 7) is -0.184. The molecule has 0 fully saturated rings. The Labute approximate surface area is 162 Å². The molecule has 1 unspecified atom stereocenters. The Morgan fingerprint density at radius 2 is 1.71 bits per heavy atom. The van der Waals surface area contributed by atoms with Gasteiger partial charge in [-0.1, -0.05) is 30.3 Å². The topological polar surface area (TPSA) is 70.6 Å². The van der Waals surface area contributed by atoms with Gasteiger partial charge in [-0.3, -0.25) is 4.79 Å². The van der Waals surface area contributed by atoms with E-state index in [1.807, 2.05) is 30.3 Å². The van der Waals surface area contributed by atoms with Gasteiger partial charge in [-0.2, -0.15) is 0 Å². The van der Waals surface area contributed by atoms with Gasteiger partial charge in [0.2, 0.25) is 0 Å². The Morgan fingerprint density at radius 3 is 2.36 bits per heavy atom. The first-order valence-corrected chi connectivity index (χ1v) is 8.76. The molecule has 3 rings (SSSR count). The first kappa shape index (κ1) is 19.4. The Bertz CT molecular complexity index is 930. The van der Waals surface area contributed by atoms with Crippen molar-refractivity contribution in [3.8, 4) is 5.75 Å². The minimum atomic E-state index is -0.689. The molecule has 0 aliphatic rings. The summed E-state index contributed by atoms with van der Waals surface area (Å²) in [6, 6.07) is 19.4. The number of methoxy groups -OCH3 is 1. The highest BCUT2D eigenvalue weighted by Gasteiger charge is 2.21. The van der Waals surface area contributed by atoms with Crippen LogP contribution in [0.5, 0.6) is 5.75 Å². The van der Waals surface area contributed by atoms with Crippen molar-refractivity contribution in [2.45, 2.75) is 12.6 Å². The molecule has 0 radical (unpaired) electrons. The molecule has 0 aliphatic carbocycles. The van der Waals surface area contributed by atoms with Crippen LogP contribution < -0.4 is 15.4 Å². The average Bonchev–Trinajstić information content (AvgIpc) is 2.74. The van der Waals surface area contributed by atoms with Crippen LogP contribution in [0, 0.1) is 5.82 Å². The van der Waals surface area contributed by atoms with E-state index in [0.29, 0.717) is 22.7 Å². The summed E-state index contributed by atoms with van der Waals surface area (Å²) >= 11 is 0. The van der Waals surface area contributed by atoms with Crippen molar-refractivity contribution < 1.29 is 19.0 Å². The van der Waals surface area contributed by atoms with Crippen LogP contribution in [-0.2, 0) is 11.4 Å². The number of anilines is 2. The molecule has 0 heterocycles. The number of carbonyl (C=O) groups excluding carboxylic acids is 1. The molecule has 1 amide bonds. The van der Waals surface area contributed by atoms with Crippen molar-refractivity contribution in [1.82, 2.24) is 0 Å². The number of carbonyl (C=O) groups is 1. The monoisotopic (exact) mass is 380 g/mol. The number of aliphatic hydroxyl groups is 1. The molecular weight excluding hydrogens is 359 g/mol. The van der Waals surface area contributed by atoms with Crippen LogP contribution in [0.2, 0.25) is 0 Å². The van der Waals surface area contributed by atoms with Crippen molar-refractivity contribution >= 4 is 17.3 Å². The average molecular weight is 380 g/mol. The first-order chi connectivity index (χ1) is 13.6. The Morgan fingerprint density at radius 1 is 1.04 bits per heavy atom. The fourth-order valence-electron chi connectivity index (χ4n) is 2.85. The van der Waals surface area contributed by atoms with Crippen molar-refractivity contribution in [2.75, 3.05) is 17.7 Å². The molecule has 1 atom stereocenters. The molecule has 28 heavy (non-hydrogen) atoms. The number of benzene rings is 3. The molecule has 3 aromatic carbocycles. The SMILES string of the molecule is COc1ccc(NC(C(=O)Nc2ccc(F)cc2)c2ccccc2)cc1CO. The highest BCUT2D eigenvalue weighted by molar-refractivity contribution is 5.97. The van der Waals surface area contributed by atoms with Gasteiger partial charge in [0.25, 0.3) is 5.91 Å². The zero-order chi connectivity index (χ0) is 19.9. The number of rotatable bonds is 7. The molecule has 3 N–H and O–H groups in total. The van der Waals surface area contributed by atoms with Crippen LogP contribution in [-0.4, -0.2) is 18.1 Å².